The first kappa shape index (κ1) is 39.9. The molecule has 1 aliphatic heterocycles. The third-order valence-corrected chi connectivity index (χ3v) is 14.3. The summed E-state index contributed by atoms with van der Waals surface area (Å²) in [5.41, 5.74) is 7.37. The van der Waals surface area contributed by atoms with Gasteiger partial charge in [0.25, 0.3) is 5.91 Å². The van der Waals surface area contributed by atoms with Crippen LogP contribution in [0, 0.1) is 5.82 Å². The number of alkyl carbamates (subject to hydrolysis) is 1. The smallest absolute Gasteiger partial charge is 0.407 e. The van der Waals surface area contributed by atoms with E-state index in [1.807, 2.05) is 51.1 Å². The van der Waals surface area contributed by atoms with Crippen molar-refractivity contribution in [2.24, 2.45) is 0 Å². The first-order valence-electron chi connectivity index (χ1n) is 17.3. The standard InChI is InChI=1S/C38H52ClFN4O6Si/c1-36(2,3)50-35(46)43-18-14-13-17-38(24-15-11-10-12-16-24)22-25-28(49-38)21-27(40)31(39)29(25)30-26(33(45)42-7)23-44-34(32(30)41)47-19-20-48-51(8,9)37(4,5)6/h10-12,15-16,21,23H,13-14,17-20,22,41H2,1-9H3,(H,42,45)(H,43,46)/t38-/m0/s1. The number of anilines is 1. The second kappa shape index (κ2) is 15.8. The summed E-state index contributed by atoms with van der Waals surface area (Å²) >= 11 is 6.79. The Hall–Kier alpha value is -3.87. The van der Waals surface area contributed by atoms with E-state index in [-0.39, 0.29) is 44.9 Å². The summed E-state index contributed by atoms with van der Waals surface area (Å²) in [6.45, 7) is 17.1. The molecule has 4 rings (SSSR count). The predicted octanol–water partition coefficient (Wildman–Crippen LogP) is 8.41. The largest absolute Gasteiger partial charge is 0.482 e. The normalized spacial score (nSPS) is 15.9. The molecule has 13 heteroatoms. The topological polar surface area (TPSA) is 134 Å². The molecule has 10 nitrogen and oxygen atoms in total. The van der Waals surface area contributed by atoms with Crippen molar-refractivity contribution in [3.05, 3.63) is 70.1 Å². The lowest BCUT2D eigenvalue weighted by molar-refractivity contribution is 0.0523. The minimum atomic E-state index is -2.03. The van der Waals surface area contributed by atoms with Crippen molar-refractivity contribution in [1.29, 1.82) is 0 Å². The summed E-state index contributed by atoms with van der Waals surface area (Å²) in [7, 11) is -0.537. The highest BCUT2D eigenvalue weighted by atomic mass is 35.5. The number of unbranched alkanes of at least 4 members (excludes halogenated alkanes) is 1. The molecular formula is C38H52ClFN4O6Si. The number of nitrogens with one attached hydrogen (secondary N) is 2. The number of rotatable bonds is 13. The van der Waals surface area contributed by atoms with E-state index in [0.717, 1.165) is 5.56 Å². The second-order valence-electron chi connectivity index (χ2n) is 15.4. The molecule has 1 aromatic heterocycles. The zero-order chi connectivity index (χ0) is 37.8. The second-order valence-corrected chi connectivity index (χ2v) is 20.5. The van der Waals surface area contributed by atoms with Crippen LogP contribution < -0.4 is 25.8 Å². The van der Waals surface area contributed by atoms with Gasteiger partial charge in [0, 0.05) is 49.0 Å². The molecule has 0 unspecified atom stereocenters. The number of amides is 2. The fourth-order valence-electron chi connectivity index (χ4n) is 5.78. The Morgan fingerprint density at radius 1 is 1.08 bits per heavy atom. The van der Waals surface area contributed by atoms with Crippen molar-refractivity contribution in [2.75, 3.05) is 32.5 Å². The van der Waals surface area contributed by atoms with E-state index in [4.69, 9.17) is 36.0 Å². The Morgan fingerprint density at radius 3 is 2.39 bits per heavy atom. The quantitative estimate of drug-likeness (QED) is 0.117. The monoisotopic (exact) mass is 742 g/mol. The average molecular weight is 743 g/mol. The average Bonchev–Trinajstić information content (AvgIpc) is 3.42. The molecule has 0 saturated carbocycles. The maximum atomic E-state index is 15.8. The van der Waals surface area contributed by atoms with Gasteiger partial charge in [0.1, 0.15) is 35.1 Å². The third-order valence-electron chi connectivity index (χ3n) is 9.42. The predicted molar refractivity (Wildman–Crippen MR) is 202 cm³/mol. The minimum absolute atomic E-state index is 0.0230. The number of fused-ring (bicyclic) bond motifs is 1. The number of carbonyl (C=O) groups excluding carboxylic acids is 2. The van der Waals surface area contributed by atoms with Crippen molar-refractivity contribution >= 4 is 37.6 Å². The molecule has 0 radical (unpaired) electrons. The van der Waals surface area contributed by atoms with E-state index in [2.05, 4.69) is 49.5 Å². The molecule has 4 N–H and O–H groups in total. The number of pyridine rings is 1. The third kappa shape index (κ3) is 9.33. The highest BCUT2D eigenvalue weighted by Gasteiger charge is 2.44. The van der Waals surface area contributed by atoms with Gasteiger partial charge in [-0.05, 0) is 63.7 Å². The van der Waals surface area contributed by atoms with Gasteiger partial charge in [0.2, 0.25) is 5.88 Å². The zero-order valence-corrected chi connectivity index (χ0v) is 33.0. The fourth-order valence-corrected chi connectivity index (χ4v) is 7.07. The fraction of sp³-hybridized carbons (Fsp3) is 0.500. The maximum absolute atomic E-state index is 15.8. The minimum Gasteiger partial charge on any atom is -0.482 e. The number of carbonyl (C=O) groups is 2. The van der Waals surface area contributed by atoms with Gasteiger partial charge in [-0.25, -0.2) is 14.2 Å². The lowest BCUT2D eigenvalue weighted by atomic mass is 9.82. The van der Waals surface area contributed by atoms with Gasteiger partial charge in [-0.1, -0.05) is 62.7 Å². The number of nitrogens with two attached hydrogens (primary N) is 1. The van der Waals surface area contributed by atoms with Gasteiger partial charge >= 0.3 is 6.09 Å². The molecule has 2 aromatic carbocycles. The number of aromatic nitrogens is 1. The molecule has 0 saturated heterocycles. The highest BCUT2D eigenvalue weighted by Crippen LogP contribution is 2.52. The van der Waals surface area contributed by atoms with Gasteiger partial charge in [-0.2, -0.15) is 0 Å². The number of nitrogens with zero attached hydrogens (tertiary/aromatic N) is 1. The summed E-state index contributed by atoms with van der Waals surface area (Å²) in [5, 5.41) is 5.25. The molecule has 0 bridgehead atoms. The Labute approximate surface area is 307 Å². The molecule has 0 fully saturated rings. The lowest BCUT2D eigenvalue weighted by Gasteiger charge is -2.36. The molecule has 2 heterocycles. The van der Waals surface area contributed by atoms with Crippen LogP contribution in [0.5, 0.6) is 11.6 Å². The van der Waals surface area contributed by atoms with Crippen LogP contribution in [-0.2, 0) is 21.2 Å². The van der Waals surface area contributed by atoms with Crippen LogP contribution >= 0.6 is 11.6 Å². The molecule has 3 aromatic rings. The first-order chi connectivity index (χ1) is 23.8. The molecule has 0 aliphatic carbocycles. The molecule has 0 spiro atoms. The van der Waals surface area contributed by atoms with Gasteiger partial charge in [-0.15, -0.1) is 0 Å². The number of ether oxygens (including phenoxy) is 3. The van der Waals surface area contributed by atoms with E-state index in [9.17, 15) is 9.59 Å². The summed E-state index contributed by atoms with van der Waals surface area (Å²) < 4.78 is 40.1. The van der Waals surface area contributed by atoms with Crippen molar-refractivity contribution in [3.63, 3.8) is 0 Å². The van der Waals surface area contributed by atoms with Crippen LogP contribution in [0.4, 0.5) is 14.9 Å². The van der Waals surface area contributed by atoms with Crippen molar-refractivity contribution in [1.82, 2.24) is 15.6 Å². The summed E-state index contributed by atoms with van der Waals surface area (Å²) in [4.78, 5) is 29.8. The molecule has 2 amide bonds. The van der Waals surface area contributed by atoms with Crippen LogP contribution in [0.15, 0.2) is 42.6 Å². The Bertz CT molecular complexity index is 1730. The van der Waals surface area contributed by atoms with E-state index in [0.29, 0.717) is 50.1 Å². The number of nitrogen functional groups attached to an aromatic ring is 1. The number of benzene rings is 2. The lowest BCUT2D eigenvalue weighted by Crippen LogP contribution is -2.41. The molecule has 278 valence electrons. The SMILES string of the molecule is CNC(=O)c1cnc(OCCO[Si](C)(C)C(C)(C)C)c(N)c1-c1c(Cl)c(F)cc2c1C[C@@](CCCCNC(=O)OC(C)(C)C)(c1ccccc1)O2. The molecule has 51 heavy (non-hydrogen) atoms. The Kier molecular flexibility index (Phi) is 12.4. The van der Waals surface area contributed by atoms with E-state index >= 15 is 4.39 Å². The summed E-state index contributed by atoms with van der Waals surface area (Å²) in [6.07, 6.45) is 3.05. The summed E-state index contributed by atoms with van der Waals surface area (Å²) in [5.74, 6) is -0.819. The van der Waals surface area contributed by atoms with Gasteiger partial charge in [-0.3, -0.25) is 4.79 Å². The maximum Gasteiger partial charge on any atom is 0.407 e. The van der Waals surface area contributed by atoms with Crippen LogP contribution in [0.1, 0.15) is 82.3 Å². The van der Waals surface area contributed by atoms with Crippen LogP contribution in [-0.4, -0.2) is 57.7 Å². The molecule has 1 aliphatic rings. The van der Waals surface area contributed by atoms with Crippen LogP contribution in [0.3, 0.4) is 0 Å². The van der Waals surface area contributed by atoms with Gasteiger partial charge in [0.05, 0.1) is 17.2 Å². The van der Waals surface area contributed by atoms with E-state index < -0.39 is 37.3 Å². The molecule has 1 atom stereocenters. The number of hydrogen-bond acceptors (Lipinski definition) is 8. The molecular weight excluding hydrogens is 691 g/mol. The number of halogens is 2. The number of hydrogen-bond donors (Lipinski definition) is 3. The van der Waals surface area contributed by atoms with Gasteiger partial charge in [0.15, 0.2) is 8.32 Å². The van der Waals surface area contributed by atoms with Crippen molar-refractivity contribution in [2.45, 2.75) is 96.6 Å². The Balaban J connectivity index is 1.69. The zero-order valence-electron chi connectivity index (χ0n) is 31.2. The Morgan fingerprint density at radius 2 is 1.76 bits per heavy atom. The first-order valence-corrected chi connectivity index (χ1v) is 20.6. The van der Waals surface area contributed by atoms with Gasteiger partial charge < -0.3 is 35.0 Å². The van der Waals surface area contributed by atoms with Crippen molar-refractivity contribution < 1.29 is 32.6 Å². The van der Waals surface area contributed by atoms with E-state index in [1.54, 1.807) is 0 Å². The van der Waals surface area contributed by atoms with Crippen LogP contribution in [0.25, 0.3) is 11.1 Å². The summed E-state index contributed by atoms with van der Waals surface area (Å²) in [6, 6.07) is 11.0. The van der Waals surface area contributed by atoms with E-state index in [1.165, 1.54) is 19.3 Å². The van der Waals surface area contributed by atoms with Crippen molar-refractivity contribution in [3.8, 4) is 22.8 Å². The highest BCUT2D eigenvalue weighted by molar-refractivity contribution is 6.74. The van der Waals surface area contributed by atoms with Crippen LogP contribution in [0.2, 0.25) is 23.2 Å².